The maximum absolute atomic E-state index is 12.2. The van der Waals surface area contributed by atoms with Crippen LogP contribution in [0.15, 0.2) is 54.6 Å². The molecule has 7 heteroatoms. The third-order valence-electron chi connectivity index (χ3n) is 3.04. The number of carbonyl (C=O) groups excluding carboxylic acids is 1. The molecule has 2 rings (SSSR count). The van der Waals surface area contributed by atoms with E-state index in [-0.39, 0.29) is 11.3 Å². The third-order valence-corrected chi connectivity index (χ3v) is 3.64. The van der Waals surface area contributed by atoms with Crippen LogP contribution in [0.3, 0.4) is 0 Å². The Morgan fingerprint density at radius 3 is 2.29 bits per heavy atom. The van der Waals surface area contributed by atoms with Crippen molar-refractivity contribution in [3.63, 3.8) is 0 Å². The fourth-order valence-corrected chi connectivity index (χ4v) is 2.51. The van der Waals surface area contributed by atoms with Crippen molar-refractivity contribution in [3.8, 4) is 0 Å². The minimum absolute atomic E-state index is 0.165. The summed E-state index contributed by atoms with van der Waals surface area (Å²) >= 11 is 0. The van der Waals surface area contributed by atoms with E-state index in [1.165, 1.54) is 24.3 Å². The van der Waals surface area contributed by atoms with Crippen LogP contribution >= 0.6 is 0 Å². The molecule has 0 aromatic heterocycles. The molecule has 0 bridgehead atoms. The molecule has 2 aromatic carbocycles. The molecule has 0 fully saturated rings. The molecule has 0 heterocycles. The fourth-order valence-electron chi connectivity index (χ4n) is 1.95. The average Bonchev–Trinajstić information content (AvgIpc) is 2.51. The highest BCUT2D eigenvalue weighted by atomic mass is 32.2. The van der Waals surface area contributed by atoms with Gasteiger partial charge in [-0.3, -0.25) is 9.52 Å². The van der Waals surface area contributed by atoms with Crippen LogP contribution in [0, 0.1) is 0 Å². The minimum Gasteiger partial charge on any atom is -0.478 e. The first-order valence-electron chi connectivity index (χ1n) is 6.88. The standard InChI is InChI=1S/C17H15NO5S/c1-24(22,23)18-15-4-2-3-14(11-15)16(19)10-7-12-5-8-13(9-6-12)17(20)21/h2-11,18H,1H3,(H,20,21)/b10-7-. The molecule has 124 valence electrons. The number of rotatable bonds is 6. The lowest BCUT2D eigenvalue weighted by molar-refractivity contribution is 0.0696. The van der Waals surface area contributed by atoms with Crippen LogP contribution in [-0.4, -0.2) is 31.5 Å². The molecule has 0 radical (unpaired) electrons. The maximum Gasteiger partial charge on any atom is 0.335 e. The summed E-state index contributed by atoms with van der Waals surface area (Å²) in [5, 5.41) is 8.83. The van der Waals surface area contributed by atoms with Crippen LogP contribution in [0.25, 0.3) is 6.08 Å². The highest BCUT2D eigenvalue weighted by molar-refractivity contribution is 7.92. The lowest BCUT2D eigenvalue weighted by Crippen LogP contribution is -2.10. The van der Waals surface area contributed by atoms with E-state index in [0.717, 1.165) is 6.26 Å². The number of anilines is 1. The summed E-state index contributed by atoms with van der Waals surface area (Å²) in [6.07, 6.45) is 3.93. The van der Waals surface area contributed by atoms with Crippen LogP contribution in [-0.2, 0) is 10.0 Å². The Balaban J connectivity index is 2.14. The molecule has 0 unspecified atom stereocenters. The van der Waals surface area contributed by atoms with Crippen LogP contribution < -0.4 is 4.72 Å². The number of carboxylic acids is 1. The number of ketones is 1. The summed E-state index contributed by atoms with van der Waals surface area (Å²) in [4.78, 5) is 22.9. The second-order valence-electron chi connectivity index (χ2n) is 5.08. The maximum atomic E-state index is 12.2. The summed E-state index contributed by atoms with van der Waals surface area (Å²) in [5.74, 6) is -1.31. The molecule has 24 heavy (non-hydrogen) atoms. The lowest BCUT2D eigenvalue weighted by Gasteiger charge is -2.04. The van der Waals surface area contributed by atoms with Crippen LogP contribution in [0.5, 0.6) is 0 Å². The molecule has 0 aliphatic rings. The van der Waals surface area contributed by atoms with Crippen molar-refractivity contribution in [2.45, 2.75) is 0 Å². The largest absolute Gasteiger partial charge is 0.478 e. The number of nitrogens with one attached hydrogen (secondary N) is 1. The van der Waals surface area contributed by atoms with E-state index in [0.29, 0.717) is 16.8 Å². The van der Waals surface area contributed by atoms with Gasteiger partial charge in [0.1, 0.15) is 0 Å². The van der Waals surface area contributed by atoms with E-state index in [1.54, 1.807) is 36.4 Å². The number of sulfonamides is 1. The molecule has 0 atom stereocenters. The molecule has 0 saturated heterocycles. The van der Waals surface area contributed by atoms with Crippen molar-refractivity contribution in [1.29, 1.82) is 0 Å². The number of aromatic carboxylic acids is 1. The molecule has 0 spiro atoms. The smallest absolute Gasteiger partial charge is 0.335 e. The summed E-state index contributed by atoms with van der Waals surface area (Å²) in [6, 6.07) is 12.2. The molecule has 0 aliphatic carbocycles. The Bertz CT molecular complexity index is 899. The molecular formula is C17H15NO5S. The van der Waals surface area contributed by atoms with Gasteiger partial charge >= 0.3 is 5.97 Å². The third kappa shape index (κ3) is 5.06. The molecule has 2 N–H and O–H groups in total. The Labute approximate surface area is 139 Å². The highest BCUT2D eigenvalue weighted by Crippen LogP contribution is 2.14. The van der Waals surface area contributed by atoms with Gasteiger partial charge in [0.25, 0.3) is 0 Å². The van der Waals surface area contributed by atoms with Gasteiger partial charge in [-0.1, -0.05) is 30.3 Å². The average molecular weight is 345 g/mol. The van der Waals surface area contributed by atoms with Gasteiger partial charge in [-0.05, 0) is 35.9 Å². The lowest BCUT2D eigenvalue weighted by atomic mass is 10.1. The van der Waals surface area contributed by atoms with E-state index in [9.17, 15) is 18.0 Å². The molecule has 0 aliphatic heterocycles. The molecular weight excluding hydrogens is 330 g/mol. The van der Waals surface area contributed by atoms with Gasteiger partial charge in [0.05, 0.1) is 11.8 Å². The van der Waals surface area contributed by atoms with Gasteiger partial charge < -0.3 is 5.11 Å². The summed E-state index contributed by atoms with van der Waals surface area (Å²) in [5.41, 5.74) is 1.49. The van der Waals surface area contributed by atoms with Crippen molar-refractivity contribution in [2.75, 3.05) is 11.0 Å². The number of carbonyl (C=O) groups is 2. The van der Waals surface area contributed by atoms with Crippen molar-refractivity contribution in [2.24, 2.45) is 0 Å². The number of hydrogen-bond donors (Lipinski definition) is 2. The topological polar surface area (TPSA) is 101 Å². The normalized spacial score (nSPS) is 11.4. The first kappa shape index (κ1) is 17.4. The zero-order chi connectivity index (χ0) is 17.7. The zero-order valence-corrected chi connectivity index (χ0v) is 13.6. The second-order valence-corrected chi connectivity index (χ2v) is 6.83. The molecule has 6 nitrogen and oxygen atoms in total. The van der Waals surface area contributed by atoms with Gasteiger partial charge in [-0.25, -0.2) is 13.2 Å². The van der Waals surface area contributed by atoms with Crippen LogP contribution in [0.2, 0.25) is 0 Å². The fraction of sp³-hybridized carbons (Fsp3) is 0.0588. The SMILES string of the molecule is CS(=O)(=O)Nc1cccc(C(=O)/C=C\c2ccc(C(=O)O)cc2)c1. The number of benzene rings is 2. The van der Waals surface area contributed by atoms with Gasteiger partial charge in [0.2, 0.25) is 10.0 Å². The quantitative estimate of drug-likeness (QED) is 0.619. The first-order valence-corrected chi connectivity index (χ1v) is 8.77. The van der Waals surface area contributed by atoms with E-state index in [2.05, 4.69) is 4.72 Å². The number of hydrogen-bond acceptors (Lipinski definition) is 4. The Morgan fingerprint density at radius 2 is 1.71 bits per heavy atom. The van der Waals surface area contributed by atoms with Crippen LogP contribution in [0.4, 0.5) is 5.69 Å². The second kappa shape index (κ2) is 7.10. The Morgan fingerprint density at radius 1 is 1.04 bits per heavy atom. The Hall–Kier alpha value is -2.93. The van der Waals surface area contributed by atoms with E-state index >= 15 is 0 Å². The predicted octanol–water partition coefficient (Wildman–Crippen LogP) is 2.65. The van der Waals surface area contributed by atoms with E-state index in [4.69, 9.17) is 5.11 Å². The summed E-state index contributed by atoms with van der Waals surface area (Å²) in [6.45, 7) is 0. The van der Waals surface area contributed by atoms with E-state index < -0.39 is 16.0 Å². The van der Waals surface area contributed by atoms with E-state index in [1.807, 2.05) is 0 Å². The number of carboxylic acid groups (broad SMARTS) is 1. The zero-order valence-electron chi connectivity index (χ0n) is 12.8. The summed E-state index contributed by atoms with van der Waals surface area (Å²) in [7, 11) is -3.41. The first-order chi connectivity index (χ1) is 11.2. The molecule has 2 aromatic rings. The van der Waals surface area contributed by atoms with Gasteiger partial charge in [-0.15, -0.1) is 0 Å². The van der Waals surface area contributed by atoms with Crippen molar-refractivity contribution >= 4 is 33.5 Å². The number of allylic oxidation sites excluding steroid dienone is 1. The van der Waals surface area contributed by atoms with Crippen molar-refractivity contribution in [3.05, 3.63) is 71.3 Å². The van der Waals surface area contributed by atoms with Gasteiger partial charge in [0, 0.05) is 11.3 Å². The monoisotopic (exact) mass is 345 g/mol. The molecule has 0 saturated carbocycles. The molecule has 0 amide bonds. The van der Waals surface area contributed by atoms with Crippen molar-refractivity contribution in [1.82, 2.24) is 0 Å². The summed E-state index contributed by atoms with van der Waals surface area (Å²) < 4.78 is 24.7. The van der Waals surface area contributed by atoms with Gasteiger partial charge in [0.15, 0.2) is 5.78 Å². The minimum atomic E-state index is -3.41. The Kier molecular flexibility index (Phi) is 5.15. The predicted molar refractivity (Wildman–Crippen MR) is 91.7 cm³/mol. The van der Waals surface area contributed by atoms with Gasteiger partial charge in [-0.2, -0.15) is 0 Å². The van der Waals surface area contributed by atoms with Crippen molar-refractivity contribution < 1.29 is 23.1 Å². The highest BCUT2D eigenvalue weighted by Gasteiger charge is 2.06. The van der Waals surface area contributed by atoms with Crippen LogP contribution in [0.1, 0.15) is 26.3 Å².